The predicted octanol–water partition coefficient (Wildman–Crippen LogP) is 5.09. The SMILES string of the molecule is CC(C)(C)[C@H]1COC([B-](C2=N[C@@H](C(C)(C)C)CO2)(c2cc(C(F)(F)F)cc(C(F)(F)F)c2)c2cc(C(F)(F)F)cc(C(F)(F)F)c2)=N1.[Li+]. The first kappa shape index (κ1) is 39.6. The van der Waals surface area contributed by atoms with E-state index in [4.69, 9.17) is 9.47 Å². The third-order valence-corrected chi connectivity index (χ3v) is 8.30. The van der Waals surface area contributed by atoms with Gasteiger partial charge in [0.2, 0.25) is 6.15 Å². The molecule has 2 aromatic rings. The summed E-state index contributed by atoms with van der Waals surface area (Å²) >= 11 is 0. The zero-order valence-electron chi connectivity index (χ0n) is 26.9. The van der Waals surface area contributed by atoms with Crippen molar-refractivity contribution in [2.45, 2.75) is 78.3 Å². The van der Waals surface area contributed by atoms with E-state index in [0.717, 1.165) is 0 Å². The van der Waals surface area contributed by atoms with Crippen molar-refractivity contribution in [3.05, 3.63) is 58.7 Å². The molecule has 0 aliphatic carbocycles. The molecule has 0 unspecified atom stereocenters. The van der Waals surface area contributed by atoms with E-state index in [-0.39, 0.29) is 68.5 Å². The molecule has 0 saturated carbocycles. The summed E-state index contributed by atoms with van der Waals surface area (Å²) < 4.78 is 182. The standard InChI is InChI=1S/C30H30BF12N2O2.Li/c1-25(2,3)21-13-46-23(44-21)31(24-45-22(14-47-24)26(4,5)6,19-9-15(27(32,33)34)7-16(10-19)28(35,36)37)20-11-17(29(38,39)40)8-18(12-20)30(41,42)43;/h7-12,21-22H,13-14H2,1-6H3;/q-1;+1/t21-,22-;/m1./s1. The molecule has 2 aliphatic heterocycles. The maximum absolute atomic E-state index is 14.2. The van der Waals surface area contributed by atoms with Gasteiger partial charge in [0.25, 0.3) is 0 Å². The van der Waals surface area contributed by atoms with Crippen LogP contribution in [-0.2, 0) is 34.2 Å². The fraction of sp³-hybridized carbons (Fsp3) is 0.533. The quantitative estimate of drug-likeness (QED) is 0.331. The van der Waals surface area contributed by atoms with Crippen LogP contribution in [0.4, 0.5) is 52.7 Å². The Morgan fingerprint density at radius 3 is 0.938 bits per heavy atom. The predicted molar refractivity (Wildman–Crippen MR) is 151 cm³/mol. The second-order valence-corrected chi connectivity index (χ2v) is 13.9. The third kappa shape index (κ3) is 7.82. The first-order valence-corrected chi connectivity index (χ1v) is 14.2. The van der Waals surface area contributed by atoms with Crippen LogP contribution in [0.25, 0.3) is 0 Å². The molecule has 18 heteroatoms. The van der Waals surface area contributed by atoms with Crippen molar-refractivity contribution in [1.82, 2.24) is 0 Å². The molecule has 0 bridgehead atoms. The number of ether oxygens (including phenoxy) is 2. The van der Waals surface area contributed by atoms with E-state index < -0.39 is 98.5 Å². The molecule has 0 radical (unpaired) electrons. The Bertz CT molecular complexity index is 1400. The van der Waals surface area contributed by atoms with Gasteiger partial charge in [-0.15, -0.1) is 0 Å². The van der Waals surface area contributed by atoms with Crippen LogP contribution in [0.2, 0.25) is 0 Å². The van der Waals surface area contributed by atoms with E-state index in [0.29, 0.717) is 0 Å². The summed E-state index contributed by atoms with van der Waals surface area (Å²) in [6.45, 7) is 9.32. The smallest absolute Gasteiger partial charge is 0.518 e. The second-order valence-electron chi connectivity index (χ2n) is 13.9. The normalized spacial score (nSPS) is 19.7. The summed E-state index contributed by atoms with van der Waals surface area (Å²) in [6.07, 6.45) is -25.7. The Balaban J connectivity index is 0.00000625. The zero-order chi connectivity index (χ0) is 35.8. The summed E-state index contributed by atoms with van der Waals surface area (Å²) in [4.78, 5) is 8.84. The minimum absolute atomic E-state index is 0. The monoisotopic (exact) mass is 696 g/mol. The van der Waals surface area contributed by atoms with Crippen molar-refractivity contribution >= 4 is 28.7 Å². The molecular weight excluding hydrogens is 666 g/mol. The maximum Gasteiger partial charge on any atom is 1.00 e. The van der Waals surface area contributed by atoms with E-state index in [1.807, 2.05) is 0 Å². The van der Waals surface area contributed by atoms with Gasteiger partial charge in [0.1, 0.15) is 13.2 Å². The third-order valence-electron chi connectivity index (χ3n) is 8.30. The maximum atomic E-state index is 14.2. The molecule has 48 heavy (non-hydrogen) atoms. The summed E-state index contributed by atoms with van der Waals surface area (Å²) in [7, 11) is 0. The molecule has 260 valence electrons. The molecule has 0 saturated heterocycles. The summed E-state index contributed by atoms with van der Waals surface area (Å²) in [6, 6.07) is -1.21. The number of alkyl halides is 12. The molecule has 0 aromatic heterocycles. The Morgan fingerprint density at radius 2 is 0.750 bits per heavy atom. The van der Waals surface area contributed by atoms with Gasteiger partial charge in [-0.05, 0) is 23.0 Å². The van der Waals surface area contributed by atoms with E-state index in [1.165, 1.54) is 0 Å². The fourth-order valence-electron chi connectivity index (χ4n) is 5.47. The first-order chi connectivity index (χ1) is 21.1. The molecule has 0 fully saturated rings. The molecule has 2 atom stereocenters. The topological polar surface area (TPSA) is 43.2 Å². The molecule has 2 heterocycles. The minimum Gasteiger partial charge on any atom is -0.518 e. The van der Waals surface area contributed by atoms with Crippen LogP contribution in [0, 0.1) is 10.8 Å². The van der Waals surface area contributed by atoms with Gasteiger partial charge in [-0.2, -0.15) is 63.6 Å². The number of nitrogens with zero attached hydrogens (tertiary/aromatic N) is 2. The number of aliphatic imine (C=N–C) groups is 2. The van der Waals surface area contributed by atoms with Crippen molar-refractivity contribution in [3.8, 4) is 0 Å². The molecule has 0 spiro atoms. The van der Waals surface area contributed by atoms with Crippen LogP contribution in [0.1, 0.15) is 63.8 Å². The van der Waals surface area contributed by atoms with Crippen molar-refractivity contribution in [3.63, 3.8) is 0 Å². The number of benzene rings is 2. The van der Waals surface area contributed by atoms with Crippen LogP contribution in [-0.4, -0.2) is 43.0 Å². The average Bonchev–Trinajstić information content (AvgIpc) is 3.58. The van der Waals surface area contributed by atoms with Gasteiger partial charge in [0.05, 0.1) is 34.3 Å². The van der Waals surface area contributed by atoms with Crippen LogP contribution in [0.3, 0.4) is 0 Å². The van der Waals surface area contributed by atoms with Crippen molar-refractivity contribution in [2.24, 2.45) is 20.8 Å². The number of hydrogen-bond acceptors (Lipinski definition) is 4. The molecule has 2 aromatic carbocycles. The van der Waals surface area contributed by atoms with Gasteiger partial charge >= 0.3 is 43.6 Å². The van der Waals surface area contributed by atoms with Gasteiger partial charge in [0, 0.05) is 11.6 Å². The largest absolute Gasteiger partial charge is 1.00 e. The van der Waals surface area contributed by atoms with Crippen LogP contribution >= 0.6 is 0 Å². The van der Waals surface area contributed by atoms with E-state index in [1.54, 1.807) is 41.5 Å². The summed E-state index contributed by atoms with van der Waals surface area (Å²) in [5.74, 6) is -1.42. The van der Waals surface area contributed by atoms with Gasteiger partial charge in [-0.3, -0.25) is 9.98 Å². The Labute approximate surface area is 280 Å². The Morgan fingerprint density at radius 1 is 0.500 bits per heavy atom. The molecular formula is C30H30BF12LiN2O2. The fourth-order valence-corrected chi connectivity index (χ4v) is 5.47. The van der Waals surface area contributed by atoms with Crippen molar-refractivity contribution in [1.29, 1.82) is 0 Å². The number of hydrogen-bond donors (Lipinski definition) is 0. The van der Waals surface area contributed by atoms with Crippen LogP contribution in [0.5, 0.6) is 0 Å². The minimum atomic E-state index is -5.43. The molecule has 0 amide bonds. The number of rotatable bonds is 4. The van der Waals surface area contributed by atoms with Gasteiger partial charge in [-0.1, -0.05) is 65.8 Å². The van der Waals surface area contributed by atoms with Crippen LogP contribution in [0.15, 0.2) is 46.4 Å². The first-order valence-electron chi connectivity index (χ1n) is 14.2. The molecule has 0 N–H and O–H groups in total. The summed E-state index contributed by atoms with van der Waals surface area (Å²) in [5, 5.41) is 0. The molecule has 2 aliphatic rings. The van der Waals surface area contributed by atoms with Crippen molar-refractivity contribution in [2.75, 3.05) is 13.2 Å². The Hall–Kier alpha value is -2.80. The van der Waals surface area contributed by atoms with Gasteiger partial charge in [0.15, 0.2) is 0 Å². The zero-order valence-corrected chi connectivity index (χ0v) is 26.9. The van der Waals surface area contributed by atoms with E-state index in [9.17, 15) is 52.7 Å². The van der Waals surface area contributed by atoms with Crippen molar-refractivity contribution < 1.29 is 81.0 Å². The van der Waals surface area contributed by atoms with E-state index in [2.05, 4.69) is 9.98 Å². The molecule has 4 nitrogen and oxygen atoms in total. The Kier molecular flexibility index (Phi) is 10.3. The second kappa shape index (κ2) is 12.5. The summed E-state index contributed by atoms with van der Waals surface area (Å²) in [5.41, 5.74) is -11.0. The van der Waals surface area contributed by atoms with E-state index >= 15 is 0 Å². The molecule has 4 rings (SSSR count). The number of halogens is 12. The van der Waals surface area contributed by atoms with Crippen LogP contribution < -0.4 is 29.8 Å². The van der Waals surface area contributed by atoms with Gasteiger partial charge in [-0.25, -0.2) is 0 Å². The van der Waals surface area contributed by atoms with Gasteiger partial charge < -0.3 is 9.47 Å². The average molecular weight is 696 g/mol.